The van der Waals surface area contributed by atoms with Gasteiger partial charge in [-0.25, -0.2) is 9.97 Å². The quantitative estimate of drug-likeness (QED) is 0.744. The van der Waals surface area contributed by atoms with Gasteiger partial charge >= 0.3 is 0 Å². The predicted octanol–water partition coefficient (Wildman–Crippen LogP) is 4.72. The maximum Gasteiger partial charge on any atom is 0.280 e. The van der Waals surface area contributed by atoms with Gasteiger partial charge in [-0.3, -0.25) is 10.1 Å². The Balaban J connectivity index is 1.85. The summed E-state index contributed by atoms with van der Waals surface area (Å²) in [5.41, 5.74) is 1.22. The Hall–Kier alpha value is -1.99. The molecule has 0 bridgehead atoms. The number of carbonyl (C=O) groups is 1. The zero-order chi connectivity index (χ0) is 16.6. The van der Waals surface area contributed by atoms with Crippen LogP contribution in [-0.2, 0) is 5.41 Å². The summed E-state index contributed by atoms with van der Waals surface area (Å²) in [5, 5.41) is 5.34. The summed E-state index contributed by atoms with van der Waals surface area (Å²) in [6, 6.07) is 3.80. The third-order valence-corrected chi connectivity index (χ3v) is 5.59. The average molecular weight is 347 g/mol. The molecule has 5 nitrogen and oxygen atoms in total. The van der Waals surface area contributed by atoms with E-state index in [1.807, 2.05) is 24.4 Å². The first-order valence-corrected chi connectivity index (χ1v) is 8.82. The molecule has 0 saturated carbocycles. The number of nitrogens with zero attached hydrogens (tertiary/aromatic N) is 2. The fraction of sp³-hybridized carbons (Fsp3) is 0.312. The van der Waals surface area contributed by atoms with Gasteiger partial charge in [0.25, 0.3) is 5.91 Å². The smallest absolute Gasteiger partial charge is 0.280 e. The van der Waals surface area contributed by atoms with E-state index in [0.717, 1.165) is 15.4 Å². The van der Waals surface area contributed by atoms with Crippen LogP contribution in [0.5, 0.6) is 0 Å². The van der Waals surface area contributed by atoms with Crippen LogP contribution in [0, 0.1) is 6.92 Å². The molecule has 1 N–H and O–H groups in total. The van der Waals surface area contributed by atoms with E-state index in [-0.39, 0.29) is 17.0 Å². The predicted molar refractivity (Wildman–Crippen MR) is 93.3 cm³/mol. The largest absolute Gasteiger partial charge is 0.442 e. The molecule has 0 aliphatic carbocycles. The normalized spacial score (nSPS) is 11.7. The molecule has 0 aliphatic rings. The highest BCUT2D eigenvalue weighted by Crippen LogP contribution is 2.34. The Labute approximate surface area is 142 Å². The summed E-state index contributed by atoms with van der Waals surface area (Å²) in [6.45, 7) is 8.35. The number of hydrogen-bond acceptors (Lipinski definition) is 6. The summed E-state index contributed by atoms with van der Waals surface area (Å²) >= 11 is 3.00. The standard InChI is InChI=1S/C16H17N3O2S2/c1-9-13(16(2,3)4)23-15(18-9)19-14(20)11-12(21-8-17-11)10-6-5-7-22-10/h5-8H,1-4H3,(H,18,19,20). The number of anilines is 1. The molecule has 23 heavy (non-hydrogen) atoms. The number of thiazole rings is 1. The SMILES string of the molecule is Cc1nc(NC(=O)c2ncoc2-c2cccs2)sc1C(C)(C)C. The monoisotopic (exact) mass is 347 g/mol. The number of nitrogens with one attached hydrogen (secondary N) is 1. The van der Waals surface area contributed by atoms with Gasteiger partial charge in [-0.05, 0) is 23.8 Å². The number of aromatic nitrogens is 2. The van der Waals surface area contributed by atoms with Crippen LogP contribution in [0.15, 0.2) is 28.3 Å². The lowest BCUT2D eigenvalue weighted by Crippen LogP contribution is -2.13. The molecule has 0 fully saturated rings. The number of amides is 1. The number of rotatable bonds is 3. The second kappa shape index (κ2) is 5.90. The molecule has 3 heterocycles. The van der Waals surface area contributed by atoms with Gasteiger partial charge in [-0.15, -0.1) is 22.7 Å². The lowest BCUT2D eigenvalue weighted by molar-refractivity contribution is 0.102. The van der Waals surface area contributed by atoms with Gasteiger partial charge in [0.15, 0.2) is 23.0 Å². The molecular weight excluding hydrogens is 330 g/mol. The van der Waals surface area contributed by atoms with E-state index in [1.54, 1.807) is 0 Å². The molecule has 0 saturated heterocycles. The minimum Gasteiger partial charge on any atom is -0.442 e. The lowest BCUT2D eigenvalue weighted by atomic mass is 9.94. The van der Waals surface area contributed by atoms with Crippen molar-refractivity contribution in [2.75, 3.05) is 5.32 Å². The molecule has 0 unspecified atom stereocenters. The molecule has 3 aromatic rings. The van der Waals surface area contributed by atoms with Crippen LogP contribution in [0.1, 0.15) is 41.8 Å². The molecule has 7 heteroatoms. The Morgan fingerprint density at radius 3 is 2.74 bits per heavy atom. The van der Waals surface area contributed by atoms with Crippen molar-refractivity contribution in [3.8, 4) is 10.6 Å². The highest BCUT2D eigenvalue weighted by atomic mass is 32.1. The van der Waals surface area contributed by atoms with Gasteiger partial charge in [0.2, 0.25) is 0 Å². The van der Waals surface area contributed by atoms with Crippen LogP contribution in [0.25, 0.3) is 10.6 Å². The molecule has 0 spiro atoms. The first-order chi connectivity index (χ1) is 10.9. The van der Waals surface area contributed by atoms with Crippen molar-refractivity contribution in [3.63, 3.8) is 0 Å². The summed E-state index contributed by atoms with van der Waals surface area (Å²) < 4.78 is 5.37. The van der Waals surface area contributed by atoms with Gasteiger partial charge in [-0.1, -0.05) is 26.8 Å². The molecule has 120 valence electrons. The summed E-state index contributed by atoms with van der Waals surface area (Å²) in [6.07, 6.45) is 1.29. The highest BCUT2D eigenvalue weighted by molar-refractivity contribution is 7.16. The molecule has 3 rings (SSSR count). The Morgan fingerprint density at radius 1 is 1.35 bits per heavy atom. The van der Waals surface area contributed by atoms with E-state index in [1.165, 1.54) is 29.1 Å². The topological polar surface area (TPSA) is 68.0 Å². The van der Waals surface area contributed by atoms with Crippen molar-refractivity contribution in [1.82, 2.24) is 9.97 Å². The van der Waals surface area contributed by atoms with Crippen LogP contribution >= 0.6 is 22.7 Å². The minimum absolute atomic E-state index is 0.000741. The fourth-order valence-corrected chi connectivity index (χ4v) is 4.02. The second-order valence-corrected chi connectivity index (χ2v) is 8.09. The first-order valence-electron chi connectivity index (χ1n) is 7.13. The molecule has 1 amide bonds. The summed E-state index contributed by atoms with van der Waals surface area (Å²) in [4.78, 5) is 23.0. The van der Waals surface area contributed by atoms with Crippen LogP contribution < -0.4 is 5.32 Å². The zero-order valence-corrected chi connectivity index (χ0v) is 15.0. The van der Waals surface area contributed by atoms with Crippen LogP contribution in [0.3, 0.4) is 0 Å². The van der Waals surface area contributed by atoms with Gasteiger partial charge < -0.3 is 4.42 Å². The van der Waals surface area contributed by atoms with E-state index in [9.17, 15) is 4.79 Å². The molecule has 0 aromatic carbocycles. The summed E-state index contributed by atoms with van der Waals surface area (Å²) in [5.74, 6) is 0.179. The van der Waals surface area contributed by atoms with Crippen molar-refractivity contribution in [3.05, 3.63) is 40.2 Å². The molecule has 0 atom stereocenters. The molecular formula is C16H17N3O2S2. The van der Waals surface area contributed by atoms with E-state index in [2.05, 4.69) is 36.1 Å². The Bertz CT molecular complexity index is 826. The van der Waals surface area contributed by atoms with E-state index in [0.29, 0.717) is 10.9 Å². The molecule has 3 aromatic heterocycles. The number of aryl methyl sites for hydroxylation is 1. The third kappa shape index (κ3) is 3.20. The van der Waals surface area contributed by atoms with Gasteiger partial charge in [0.05, 0.1) is 10.6 Å². The maximum absolute atomic E-state index is 12.5. The average Bonchev–Trinajstić information content (AvgIpc) is 3.16. The van der Waals surface area contributed by atoms with Gasteiger partial charge in [0, 0.05) is 4.88 Å². The molecule has 0 aliphatic heterocycles. The summed E-state index contributed by atoms with van der Waals surface area (Å²) in [7, 11) is 0. The van der Waals surface area contributed by atoms with Crippen molar-refractivity contribution >= 4 is 33.7 Å². The first kappa shape index (κ1) is 15.9. The molecule has 0 radical (unpaired) electrons. The zero-order valence-electron chi connectivity index (χ0n) is 13.3. The number of thiophene rings is 1. The van der Waals surface area contributed by atoms with Crippen LogP contribution in [0.4, 0.5) is 5.13 Å². The van der Waals surface area contributed by atoms with E-state index < -0.39 is 0 Å². The fourth-order valence-electron chi connectivity index (χ4n) is 2.29. The number of carbonyl (C=O) groups excluding carboxylic acids is 1. The third-order valence-electron chi connectivity index (χ3n) is 3.23. The van der Waals surface area contributed by atoms with Crippen molar-refractivity contribution in [1.29, 1.82) is 0 Å². The lowest BCUT2D eigenvalue weighted by Gasteiger charge is -2.16. The van der Waals surface area contributed by atoms with Gasteiger partial charge in [0.1, 0.15) is 0 Å². The maximum atomic E-state index is 12.5. The van der Waals surface area contributed by atoms with E-state index >= 15 is 0 Å². The van der Waals surface area contributed by atoms with Crippen molar-refractivity contribution in [2.24, 2.45) is 0 Å². The van der Waals surface area contributed by atoms with Crippen molar-refractivity contribution in [2.45, 2.75) is 33.1 Å². The number of hydrogen-bond donors (Lipinski definition) is 1. The van der Waals surface area contributed by atoms with Gasteiger partial charge in [-0.2, -0.15) is 0 Å². The van der Waals surface area contributed by atoms with E-state index in [4.69, 9.17) is 4.42 Å². The van der Waals surface area contributed by atoms with Crippen LogP contribution in [0.2, 0.25) is 0 Å². The Kier molecular flexibility index (Phi) is 4.08. The minimum atomic E-state index is -0.309. The second-order valence-electron chi connectivity index (χ2n) is 6.15. The number of oxazole rings is 1. The Morgan fingerprint density at radius 2 is 2.13 bits per heavy atom. The highest BCUT2D eigenvalue weighted by Gasteiger charge is 2.24. The van der Waals surface area contributed by atoms with Crippen molar-refractivity contribution < 1.29 is 9.21 Å². The van der Waals surface area contributed by atoms with Crippen LogP contribution in [-0.4, -0.2) is 15.9 Å².